The van der Waals surface area contributed by atoms with Crippen molar-refractivity contribution in [1.29, 1.82) is 0 Å². The monoisotopic (exact) mass is 263 g/mol. The summed E-state index contributed by atoms with van der Waals surface area (Å²) >= 11 is 6.29. The molecule has 0 fully saturated rings. The molecule has 1 nitrogen and oxygen atoms in total. The zero-order valence-electron chi connectivity index (χ0n) is 9.32. The van der Waals surface area contributed by atoms with Gasteiger partial charge in [0, 0.05) is 18.2 Å². The number of halogens is 2. The van der Waals surface area contributed by atoms with Gasteiger partial charge in [0.15, 0.2) is 6.20 Å². The van der Waals surface area contributed by atoms with Crippen molar-refractivity contribution in [2.24, 2.45) is 0 Å². The minimum absolute atomic E-state index is 0. The molecule has 2 aromatic heterocycles. The molecule has 0 N–H and O–H groups in total. The molecule has 0 amide bonds. The first-order valence-electron chi connectivity index (χ1n) is 5.25. The molecule has 0 saturated heterocycles. The van der Waals surface area contributed by atoms with E-state index < -0.39 is 0 Å². The summed E-state index contributed by atoms with van der Waals surface area (Å²) in [5.41, 5.74) is 3.50. The molecule has 0 aliphatic heterocycles. The van der Waals surface area contributed by atoms with Crippen LogP contribution in [-0.4, -0.2) is 0 Å². The second kappa shape index (κ2) is 4.52. The largest absolute Gasteiger partial charge is 1.00 e. The molecule has 0 aliphatic carbocycles. The van der Waals surface area contributed by atoms with Gasteiger partial charge in [0.1, 0.15) is 5.02 Å². The van der Waals surface area contributed by atoms with E-state index >= 15 is 0 Å². The number of benzene rings is 1. The highest BCUT2D eigenvalue weighted by Gasteiger charge is 2.13. The van der Waals surface area contributed by atoms with Crippen molar-refractivity contribution in [3.05, 3.63) is 59.2 Å². The Labute approximate surface area is 111 Å². The highest BCUT2D eigenvalue weighted by atomic mass is 35.5. The van der Waals surface area contributed by atoms with Crippen molar-refractivity contribution >= 4 is 28.0 Å². The molecule has 0 unspecified atom stereocenters. The molecule has 17 heavy (non-hydrogen) atoms. The normalized spacial score (nSPS) is 10.5. The smallest absolute Gasteiger partial charge is 0.237 e. The Balaban J connectivity index is 0.00000108. The molecule has 2 heterocycles. The topological polar surface area (TPSA) is 4.10 Å². The SMILES string of the molecule is Cc1cc2cccc[n+]2c2c(Cl)cccc12.[Cl-]. The Morgan fingerprint density at radius 1 is 1.06 bits per heavy atom. The molecule has 0 bridgehead atoms. The van der Waals surface area contributed by atoms with E-state index in [1.807, 2.05) is 30.5 Å². The van der Waals surface area contributed by atoms with Gasteiger partial charge in [-0.1, -0.05) is 17.7 Å². The van der Waals surface area contributed by atoms with E-state index in [0.717, 1.165) is 10.5 Å². The fraction of sp³-hybridized carbons (Fsp3) is 0.0714. The van der Waals surface area contributed by atoms with Crippen molar-refractivity contribution in [1.82, 2.24) is 0 Å². The number of rotatable bonds is 0. The quantitative estimate of drug-likeness (QED) is 0.412. The van der Waals surface area contributed by atoms with Crippen LogP contribution >= 0.6 is 11.6 Å². The van der Waals surface area contributed by atoms with E-state index in [4.69, 9.17) is 11.6 Å². The third kappa shape index (κ3) is 1.86. The van der Waals surface area contributed by atoms with E-state index in [0.29, 0.717) is 0 Å². The number of fused-ring (bicyclic) bond motifs is 3. The van der Waals surface area contributed by atoms with Gasteiger partial charge in [-0.05, 0) is 30.7 Å². The zero-order chi connectivity index (χ0) is 11.1. The number of aromatic nitrogens is 1. The van der Waals surface area contributed by atoms with Gasteiger partial charge in [0.05, 0.1) is 5.39 Å². The van der Waals surface area contributed by atoms with Gasteiger partial charge in [-0.15, -0.1) is 0 Å². The molecule has 0 aliphatic rings. The van der Waals surface area contributed by atoms with Crippen molar-refractivity contribution in [3.63, 3.8) is 0 Å². The van der Waals surface area contributed by atoms with Gasteiger partial charge >= 0.3 is 0 Å². The Bertz CT molecular complexity index is 692. The van der Waals surface area contributed by atoms with Gasteiger partial charge in [0.2, 0.25) is 11.0 Å². The fourth-order valence-electron chi connectivity index (χ4n) is 2.16. The Morgan fingerprint density at radius 3 is 2.71 bits per heavy atom. The number of hydrogen-bond acceptors (Lipinski definition) is 0. The lowest BCUT2D eigenvalue weighted by Crippen LogP contribution is -3.00. The first kappa shape index (κ1) is 12.2. The Kier molecular flexibility index (Phi) is 3.23. The fourth-order valence-corrected chi connectivity index (χ4v) is 2.42. The first-order chi connectivity index (χ1) is 7.77. The molecule has 0 saturated carbocycles. The van der Waals surface area contributed by atoms with Crippen molar-refractivity contribution in [2.45, 2.75) is 6.92 Å². The van der Waals surface area contributed by atoms with Gasteiger partial charge < -0.3 is 12.4 Å². The van der Waals surface area contributed by atoms with E-state index in [9.17, 15) is 0 Å². The summed E-state index contributed by atoms with van der Waals surface area (Å²) in [6.07, 6.45) is 2.04. The molecule has 0 radical (unpaired) electrons. The predicted octanol–water partition coefficient (Wildman–Crippen LogP) is 0.544. The van der Waals surface area contributed by atoms with E-state index in [1.54, 1.807) is 0 Å². The van der Waals surface area contributed by atoms with Crippen LogP contribution in [-0.2, 0) is 0 Å². The third-order valence-electron chi connectivity index (χ3n) is 2.91. The summed E-state index contributed by atoms with van der Waals surface area (Å²) in [7, 11) is 0. The number of para-hydroxylation sites is 1. The molecule has 86 valence electrons. The van der Waals surface area contributed by atoms with Crippen LogP contribution in [0.1, 0.15) is 5.56 Å². The second-order valence-corrected chi connectivity index (χ2v) is 4.37. The van der Waals surface area contributed by atoms with Crippen molar-refractivity contribution in [2.75, 3.05) is 0 Å². The molecule has 1 aromatic carbocycles. The average Bonchev–Trinajstić information content (AvgIpc) is 2.30. The van der Waals surface area contributed by atoms with Crippen LogP contribution in [0.25, 0.3) is 16.4 Å². The summed E-state index contributed by atoms with van der Waals surface area (Å²) in [6, 6.07) is 14.4. The van der Waals surface area contributed by atoms with Crippen LogP contribution in [0.3, 0.4) is 0 Å². The van der Waals surface area contributed by atoms with Crippen LogP contribution in [0.15, 0.2) is 48.7 Å². The maximum atomic E-state index is 6.29. The van der Waals surface area contributed by atoms with Gasteiger partial charge in [-0.2, -0.15) is 4.40 Å². The molecule has 3 rings (SSSR count). The molecular weight excluding hydrogens is 253 g/mol. The highest BCUT2D eigenvalue weighted by molar-refractivity contribution is 6.34. The van der Waals surface area contributed by atoms with E-state index in [1.165, 1.54) is 16.5 Å². The summed E-state index contributed by atoms with van der Waals surface area (Å²) in [4.78, 5) is 0. The zero-order valence-corrected chi connectivity index (χ0v) is 10.8. The highest BCUT2D eigenvalue weighted by Crippen LogP contribution is 2.23. The van der Waals surface area contributed by atoms with Gasteiger partial charge in [-0.3, -0.25) is 0 Å². The lowest BCUT2D eigenvalue weighted by Gasteiger charge is -2.02. The van der Waals surface area contributed by atoms with Gasteiger partial charge in [-0.25, -0.2) is 0 Å². The predicted molar refractivity (Wildman–Crippen MR) is 66.9 cm³/mol. The van der Waals surface area contributed by atoms with Crippen molar-refractivity contribution < 1.29 is 16.8 Å². The minimum atomic E-state index is 0. The molecule has 0 atom stereocenters. The van der Waals surface area contributed by atoms with Crippen LogP contribution in [0.4, 0.5) is 0 Å². The number of hydrogen-bond donors (Lipinski definition) is 0. The number of pyridine rings is 2. The first-order valence-corrected chi connectivity index (χ1v) is 5.63. The lowest BCUT2D eigenvalue weighted by atomic mass is 10.1. The minimum Gasteiger partial charge on any atom is -1.00 e. The summed E-state index contributed by atoms with van der Waals surface area (Å²) < 4.78 is 2.13. The number of nitrogens with zero attached hydrogens (tertiary/aromatic N) is 1. The Morgan fingerprint density at radius 2 is 1.88 bits per heavy atom. The lowest BCUT2D eigenvalue weighted by molar-refractivity contribution is -0.481. The van der Waals surface area contributed by atoms with Crippen LogP contribution in [0.5, 0.6) is 0 Å². The summed E-state index contributed by atoms with van der Waals surface area (Å²) in [5, 5.41) is 2.00. The second-order valence-electron chi connectivity index (χ2n) is 3.96. The molecular formula is C14H11Cl2N. The van der Waals surface area contributed by atoms with E-state index in [-0.39, 0.29) is 12.4 Å². The Hall–Kier alpha value is -1.31. The molecule has 3 aromatic rings. The van der Waals surface area contributed by atoms with Crippen LogP contribution in [0.2, 0.25) is 5.02 Å². The van der Waals surface area contributed by atoms with Crippen LogP contribution in [0, 0.1) is 6.92 Å². The summed E-state index contributed by atoms with van der Waals surface area (Å²) in [6.45, 7) is 2.12. The van der Waals surface area contributed by atoms with Crippen molar-refractivity contribution in [3.8, 4) is 0 Å². The maximum absolute atomic E-state index is 6.29. The van der Waals surface area contributed by atoms with Gasteiger partial charge in [0.25, 0.3) is 0 Å². The average molecular weight is 264 g/mol. The molecule has 3 heteroatoms. The maximum Gasteiger partial charge on any atom is 0.237 e. The number of aryl methyl sites for hydroxylation is 1. The van der Waals surface area contributed by atoms with E-state index in [2.05, 4.69) is 29.5 Å². The van der Waals surface area contributed by atoms with Crippen LogP contribution < -0.4 is 16.8 Å². The third-order valence-corrected chi connectivity index (χ3v) is 3.21. The standard InChI is InChI=1S/C14H11ClN.ClH/c1-10-9-11-5-2-3-8-16(11)14-12(10)6-4-7-13(14)15;/h2-9H,1H3;1H/q+1;/p-1. The summed E-state index contributed by atoms with van der Waals surface area (Å²) in [5.74, 6) is 0. The molecule has 0 spiro atoms.